The number of nitrogens with zero attached hydrogens (tertiary/aromatic N) is 3. The first-order valence-corrected chi connectivity index (χ1v) is 12.2. The maximum Gasteiger partial charge on any atom is 0.294 e. The number of nitriles is 1. The van der Waals surface area contributed by atoms with Gasteiger partial charge in [0.25, 0.3) is 11.1 Å². The van der Waals surface area contributed by atoms with Gasteiger partial charge in [-0.3, -0.25) is 19.3 Å². The lowest BCUT2D eigenvalue weighted by molar-refractivity contribution is -0.135. The van der Waals surface area contributed by atoms with Crippen LogP contribution < -0.4 is 9.47 Å². The van der Waals surface area contributed by atoms with Crippen LogP contribution in [-0.4, -0.2) is 53.1 Å². The molecule has 8 nitrogen and oxygen atoms in total. The molecule has 0 radical (unpaired) electrons. The predicted molar refractivity (Wildman–Crippen MR) is 132 cm³/mol. The standard InChI is InChI=1S/C26H25N3O5S/c1-2-33-22-13-18(9-10-21(22)34-17-20-8-4-3-7-19(20)15-27)14-23-25(31)29(26(32)35-23)16-24(30)28-11-5-6-12-28/h3-4,7-10,13-14H,2,5-6,11-12,16-17H2,1H3/b23-14+. The van der Waals surface area contributed by atoms with Crippen molar-refractivity contribution in [2.24, 2.45) is 0 Å². The molecule has 4 rings (SSSR count). The Kier molecular flexibility index (Phi) is 7.73. The molecule has 0 atom stereocenters. The number of thioether (sulfide) groups is 1. The summed E-state index contributed by atoms with van der Waals surface area (Å²) in [7, 11) is 0. The van der Waals surface area contributed by atoms with Crippen LogP contribution in [0.5, 0.6) is 11.5 Å². The molecule has 0 spiro atoms. The van der Waals surface area contributed by atoms with Crippen LogP contribution in [0.2, 0.25) is 0 Å². The highest BCUT2D eigenvalue weighted by molar-refractivity contribution is 8.18. The molecule has 2 heterocycles. The fourth-order valence-corrected chi connectivity index (χ4v) is 4.74. The van der Waals surface area contributed by atoms with Gasteiger partial charge in [-0.2, -0.15) is 5.26 Å². The maximum atomic E-state index is 12.8. The van der Waals surface area contributed by atoms with Crippen molar-refractivity contribution in [1.82, 2.24) is 9.80 Å². The fourth-order valence-electron chi connectivity index (χ4n) is 3.90. The third kappa shape index (κ3) is 5.66. The van der Waals surface area contributed by atoms with Gasteiger partial charge in [0, 0.05) is 18.7 Å². The van der Waals surface area contributed by atoms with E-state index in [0.29, 0.717) is 42.3 Å². The van der Waals surface area contributed by atoms with E-state index in [1.165, 1.54) is 0 Å². The summed E-state index contributed by atoms with van der Waals surface area (Å²) < 4.78 is 11.6. The minimum Gasteiger partial charge on any atom is -0.490 e. The highest BCUT2D eigenvalue weighted by Gasteiger charge is 2.37. The molecule has 2 aliphatic heterocycles. The van der Waals surface area contributed by atoms with Gasteiger partial charge in [0.05, 0.1) is 23.1 Å². The van der Waals surface area contributed by atoms with Crippen LogP contribution in [0.1, 0.15) is 36.5 Å². The molecule has 180 valence electrons. The zero-order valence-electron chi connectivity index (χ0n) is 19.4. The number of benzene rings is 2. The molecular weight excluding hydrogens is 466 g/mol. The number of imide groups is 1. The number of likely N-dealkylation sites (tertiary alicyclic amines) is 1. The van der Waals surface area contributed by atoms with Crippen molar-refractivity contribution in [1.29, 1.82) is 5.26 Å². The van der Waals surface area contributed by atoms with Crippen LogP contribution in [0.4, 0.5) is 4.79 Å². The second-order valence-electron chi connectivity index (χ2n) is 8.05. The van der Waals surface area contributed by atoms with Crippen LogP contribution >= 0.6 is 11.8 Å². The Morgan fingerprint density at radius 1 is 1.11 bits per heavy atom. The lowest BCUT2D eigenvalue weighted by atomic mass is 10.1. The second kappa shape index (κ2) is 11.1. The van der Waals surface area contributed by atoms with E-state index in [2.05, 4.69) is 6.07 Å². The zero-order valence-corrected chi connectivity index (χ0v) is 20.2. The third-order valence-electron chi connectivity index (χ3n) is 5.71. The van der Waals surface area contributed by atoms with Gasteiger partial charge in [-0.15, -0.1) is 0 Å². The average Bonchev–Trinajstić information content (AvgIpc) is 3.49. The molecule has 2 fully saturated rings. The molecule has 3 amide bonds. The first-order chi connectivity index (χ1) is 17.0. The quantitative estimate of drug-likeness (QED) is 0.510. The zero-order chi connectivity index (χ0) is 24.8. The molecule has 35 heavy (non-hydrogen) atoms. The fraction of sp³-hybridized carbons (Fsp3) is 0.308. The van der Waals surface area contributed by atoms with Gasteiger partial charge in [0.2, 0.25) is 5.91 Å². The van der Waals surface area contributed by atoms with E-state index < -0.39 is 11.1 Å². The van der Waals surface area contributed by atoms with Crippen molar-refractivity contribution in [2.45, 2.75) is 26.4 Å². The Hall–Kier alpha value is -3.77. The monoisotopic (exact) mass is 491 g/mol. The van der Waals surface area contributed by atoms with Crippen LogP contribution in [0.3, 0.4) is 0 Å². The molecule has 0 saturated carbocycles. The molecule has 2 aliphatic rings. The topological polar surface area (TPSA) is 99.9 Å². The van der Waals surface area contributed by atoms with E-state index in [-0.39, 0.29) is 24.0 Å². The number of amides is 3. The van der Waals surface area contributed by atoms with Crippen LogP contribution in [0, 0.1) is 11.3 Å². The third-order valence-corrected chi connectivity index (χ3v) is 6.62. The van der Waals surface area contributed by atoms with Gasteiger partial charge in [-0.05, 0) is 61.4 Å². The minimum absolute atomic E-state index is 0.201. The van der Waals surface area contributed by atoms with E-state index in [0.717, 1.165) is 35.1 Å². The van der Waals surface area contributed by atoms with Gasteiger partial charge in [0.1, 0.15) is 13.2 Å². The van der Waals surface area contributed by atoms with Crippen molar-refractivity contribution in [2.75, 3.05) is 26.2 Å². The second-order valence-corrected chi connectivity index (χ2v) is 9.05. The van der Waals surface area contributed by atoms with Crippen LogP contribution in [0.25, 0.3) is 6.08 Å². The Morgan fingerprint density at radius 2 is 1.89 bits per heavy atom. The van der Waals surface area contributed by atoms with E-state index in [4.69, 9.17) is 9.47 Å². The molecule has 9 heteroatoms. The largest absolute Gasteiger partial charge is 0.490 e. The lowest BCUT2D eigenvalue weighted by Crippen LogP contribution is -2.40. The number of rotatable bonds is 8. The summed E-state index contributed by atoms with van der Waals surface area (Å²) in [5, 5.41) is 8.82. The summed E-state index contributed by atoms with van der Waals surface area (Å²) >= 11 is 0.821. The molecule has 0 N–H and O–H groups in total. The Morgan fingerprint density at radius 3 is 2.63 bits per heavy atom. The summed E-state index contributed by atoms with van der Waals surface area (Å²) in [6, 6.07) is 14.6. The number of carbonyl (C=O) groups excluding carboxylic acids is 3. The molecule has 0 unspecified atom stereocenters. The average molecular weight is 492 g/mol. The van der Waals surface area contributed by atoms with Crippen molar-refractivity contribution < 1.29 is 23.9 Å². The summed E-state index contributed by atoms with van der Waals surface area (Å²) in [5.41, 5.74) is 1.97. The highest BCUT2D eigenvalue weighted by Crippen LogP contribution is 2.35. The smallest absolute Gasteiger partial charge is 0.294 e. The predicted octanol–water partition coefficient (Wildman–Crippen LogP) is 4.19. The summed E-state index contributed by atoms with van der Waals surface area (Å²) in [4.78, 5) is 40.6. The summed E-state index contributed by atoms with van der Waals surface area (Å²) in [5.74, 6) is 0.309. The normalized spacial score (nSPS) is 16.6. The van der Waals surface area contributed by atoms with Crippen molar-refractivity contribution >= 4 is 34.9 Å². The Labute approximate surface area is 208 Å². The van der Waals surface area contributed by atoms with Crippen molar-refractivity contribution in [3.63, 3.8) is 0 Å². The highest BCUT2D eigenvalue weighted by atomic mass is 32.2. The number of hydrogen-bond donors (Lipinski definition) is 0. The van der Waals surface area contributed by atoms with Crippen molar-refractivity contribution in [3.8, 4) is 17.6 Å². The Balaban J connectivity index is 1.48. The first-order valence-electron chi connectivity index (χ1n) is 11.4. The van der Waals surface area contributed by atoms with E-state index in [1.807, 2.05) is 19.1 Å². The molecule has 0 aliphatic carbocycles. The summed E-state index contributed by atoms with van der Waals surface area (Å²) in [6.07, 6.45) is 3.50. The van der Waals surface area contributed by atoms with Gasteiger partial charge in [-0.1, -0.05) is 24.3 Å². The molecular formula is C26H25N3O5S. The molecule has 0 bridgehead atoms. The molecule has 2 saturated heterocycles. The maximum absolute atomic E-state index is 12.8. The number of hydrogen-bond acceptors (Lipinski definition) is 7. The number of ether oxygens (including phenoxy) is 2. The molecule has 2 aromatic rings. The molecule has 2 aromatic carbocycles. The summed E-state index contributed by atoms with van der Waals surface area (Å²) in [6.45, 7) is 3.56. The Bertz CT molecular complexity index is 1210. The minimum atomic E-state index is -0.473. The van der Waals surface area contributed by atoms with Gasteiger partial charge >= 0.3 is 0 Å². The van der Waals surface area contributed by atoms with Crippen LogP contribution in [-0.2, 0) is 16.2 Å². The van der Waals surface area contributed by atoms with Crippen molar-refractivity contribution in [3.05, 3.63) is 64.1 Å². The van der Waals surface area contributed by atoms with E-state index in [9.17, 15) is 19.6 Å². The molecule has 0 aromatic heterocycles. The lowest BCUT2D eigenvalue weighted by Gasteiger charge is -2.18. The van der Waals surface area contributed by atoms with Gasteiger partial charge in [0.15, 0.2) is 11.5 Å². The first kappa shape index (κ1) is 24.4. The van der Waals surface area contributed by atoms with E-state index in [1.54, 1.807) is 41.3 Å². The van der Waals surface area contributed by atoms with Gasteiger partial charge < -0.3 is 14.4 Å². The van der Waals surface area contributed by atoms with E-state index >= 15 is 0 Å². The number of carbonyl (C=O) groups is 3. The SMILES string of the molecule is CCOc1cc(/C=C2/SC(=O)N(CC(=O)N3CCCC3)C2=O)ccc1OCc1ccccc1C#N. The van der Waals surface area contributed by atoms with Gasteiger partial charge in [-0.25, -0.2) is 0 Å². The van der Waals surface area contributed by atoms with Crippen LogP contribution in [0.15, 0.2) is 47.4 Å².